The summed E-state index contributed by atoms with van der Waals surface area (Å²) >= 11 is 2.81. The largest absolute Gasteiger partial charge is 0.398 e. The summed E-state index contributed by atoms with van der Waals surface area (Å²) in [6, 6.07) is 7.09. The van der Waals surface area contributed by atoms with E-state index >= 15 is 0 Å². The van der Waals surface area contributed by atoms with Crippen LogP contribution in [0.1, 0.15) is 21.7 Å². The number of carbonyl (C=O) groups is 1. The fourth-order valence-corrected chi connectivity index (χ4v) is 3.78. The van der Waals surface area contributed by atoms with Gasteiger partial charge in [-0.25, -0.2) is 4.98 Å². The first-order valence-corrected chi connectivity index (χ1v) is 9.10. The second kappa shape index (κ2) is 7.26. The Kier molecular flexibility index (Phi) is 5.07. The van der Waals surface area contributed by atoms with E-state index in [9.17, 15) is 9.90 Å². The Labute approximate surface area is 152 Å². The van der Waals surface area contributed by atoms with Crippen molar-refractivity contribution in [2.45, 2.75) is 23.5 Å². The Bertz CT molecular complexity index is 919. The molecule has 9 heteroatoms. The molecule has 1 aromatic carbocycles. The minimum atomic E-state index is -0.296. The van der Waals surface area contributed by atoms with Crippen LogP contribution in [-0.2, 0) is 13.7 Å². The number of nitrogens with zero attached hydrogens (tertiary/aromatic N) is 3. The Hall–Kier alpha value is -2.36. The van der Waals surface area contributed by atoms with Gasteiger partial charge in [0.1, 0.15) is 0 Å². The predicted molar refractivity (Wildman–Crippen MR) is 98.9 cm³/mol. The van der Waals surface area contributed by atoms with Gasteiger partial charge in [-0.15, -0.1) is 11.3 Å². The maximum atomic E-state index is 12.5. The number of nitrogens with one attached hydrogen (secondary N) is 1. The molecule has 130 valence electrons. The van der Waals surface area contributed by atoms with Crippen molar-refractivity contribution in [2.24, 2.45) is 7.05 Å². The minimum Gasteiger partial charge on any atom is -0.398 e. The second-order valence-electron chi connectivity index (χ2n) is 5.35. The highest BCUT2D eigenvalue weighted by molar-refractivity contribution is 7.99. The van der Waals surface area contributed by atoms with Gasteiger partial charge in [0.2, 0.25) is 0 Å². The quantitative estimate of drug-likeness (QED) is 0.592. The lowest BCUT2D eigenvalue weighted by Gasteiger charge is -2.08. The van der Waals surface area contributed by atoms with Crippen LogP contribution >= 0.6 is 23.1 Å². The van der Waals surface area contributed by atoms with E-state index in [1.54, 1.807) is 29.9 Å². The fourth-order valence-electron chi connectivity index (χ4n) is 2.17. The third kappa shape index (κ3) is 4.01. The standard InChI is InChI=1S/C16H17N5O2S2/c1-9-8-24-16(18-9)19-15(23)12-6-11(3-4-13(12)17)25-14-5-10(7-22)20-21(14)2/h3-6,8,22H,7,17H2,1-2H3,(H,18,19,23). The van der Waals surface area contributed by atoms with Crippen LogP contribution in [0.25, 0.3) is 0 Å². The number of benzene rings is 1. The van der Waals surface area contributed by atoms with Crippen molar-refractivity contribution < 1.29 is 9.90 Å². The van der Waals surface area contributed by atoms with Crippen LogP contribution in [0.2, 0.25) is 0 Å². The number of aromatic nitrogens is 3. The molecule has 0 spiro atoms. The molecule has 0 aliphatic heterocycles. The average Bonchev–Trinajstić information content (AvgIpc) is 3.15. The lowest BCUT2D eigenvalue weighted by atomic mass is 10.1. The molecular formula is C16H17N5O2S2. The summed E-state index contributed by atoms with van der Waals surface area (Å²) < 4.78 is 1.69. The maximum Gasteiger partial charge on any atom is 0.259 e. The summed E-state index contributed by atoms with van der Waals surface area (Å²) in [6.45, 7) is 1.75. The Morgan fingerprint density at radius 2 is 2.24 bits per heavy atom. The van der Waals surface area contributed by atoms with Crippen LogP contribution in [0.15, 0.2) is 39.6 Å². The molecular weight excluding hydrogens is 358 g/mol. The third-order valence-corrected chi connectivity index (χ3v) is 5.34. The molecule has 3 rings (SSSR count). The molecule has 0 fully saturated rings. The van der Waals surface area contributed by atoms with Crippen molar-refractivity contribution in [3.8, 4) is 0 Å². The molecule has 0 atom stereocenters. The number of carbonyl (C=O) groups excluding carboxylic acids is 1. The predicted octanol–water partition coefficient (Wildman–Crippen LogP) is 2.66. The Morgan fingerprint density at radius 1 is 1.44 bits per heavy atom. The van der Waals surface area contributed by atoms with E-state index in [1.807, 2.05) is 18.4 Å². The first-order chi connectivity index (χ1) is 12.0. The van der Waals surface area contributed by atoms with Crippen LogP contribution in [0.4, 0.5) is 10.8 Å². The zero-order chi connectivity index (χ0) is 18.0. The van der Waals surface area contributed by atoms with Crippen LogP contribution in [-0.4, -0.2) is 25.8 Å². The van der Waals surface area contributed by atoms with E-state index in [0.29, 0.717) is 22.1 Å². The molecule has 0 aliphatic rings. The minimum absolute atomic E-state index is 0.114. The van der Waals surface area contributed by atoms with Crippen molar-refractivity contribution in [3.63, 3.8) is 0 Å². The van der Waals surface area contributed by atoms with Crippen molar-refractivity contribution >= 4 is 39.8 Å². The molecule has 0 saturated carbocycles. The molecule has 0 aliphatic carbocycles. The molecule has 7 nitrogen and oxygen atoms in total. The molecule has 0 saturated heterocycles. The summed E-state index contributed by atoms with van der Waals surface area (Å²) in [5.74, 6) is -0.296. The molecule has 2 heterocycles. The van der Waals surface area contributed by atoms with Gasteiger partial charge < -0.3 is 10.8 Å². The summed E-state index contributed by atoms with van der Waals surface area (Å²) in [6.07, 6.45) is 0. The number of amides is 1. The van der Waals surface area contributed by atoms with Gasteiger partial charge in [-0.1, -0.05) is 11.8 Å². The van der Waals surface area contributed by atoms with Crippen LogP contribution in [0.3, 0.4) is 0 Å². The molecule has 4 N–H and O–H groups in total. The molecule has 2 aromatic heterocycles. The Balaban J connectivity index is 1.82. The number of aryl methyl sites for hydroxylation is 2. The van der Waals surface area contributed by atoms with Crippen LogP contribution in [0.5, 0.6) is 0 Å². The average molecular weight is 375 g/mol. The van der Waals surface area contributed by atoms with E-state index in [1.165, 1.54) is 23.1 Å². The topological polar surface area (TPSA) is 106 Å². The van der Waals surface area contributed by atoms with Crippen molar-refractivity contribution in [3.05, 3.63) is 46.6 Å². The first kappa shape index (κ1) is 17.5. The zero-order valence-corrected chi connectivity index (χ0v) is 15.3. The van der Waals surface area contributed by atoms with Crippen molar-refractivity contribution in [2.75, 3.05) is 11.1 Å². The molecule has 1 amide bonds. The number of aliphatic hydroxyl groups is 1. The van der Waals surface area contributed by atoms with Gasteiger partial charge >= 0.3 is 0 Å². The smallest absolute Gasteiger partial charge is 0.259 e. The normalized spacial score (nSPS) is 10.8. The van der Waals surface area contributed by atoms with E-state index in [4.69, 9.17) is 5.73 Å². The fraction of sp³-hybridized carbons (Fsp3) is 0.188. The summed E-state index contributed by atoms with van der Waals surface area (Å²) in [5, 5.41) is 19.4. The number of hydrogen-bond acceptors (Lipinski definition) is 7. The van der Waals surface area contributed by atoms with Gasteiger partial charge in [-0.05, 0) is 31.2 Å². The number of nitrogen functional groups attached to an aromatic ring is 1. The summed E-state index contributed by atoms with van der Waals surface area (Å²) in [5.41, 5.74) is 8.20. The van der Waals surface area contributed by atoms with Gasteiger partial charge in [0.25, 0.3) is 5.91 Å². The van der Waals surface area contributed by atoms with Crippen LogP contribution in [0, 0.1) is 6.92 Å². The van der Waals surface area contributed by atoms with Gasteiger partial charge in [0, 0.05) is 23.0 Å². The first-order valence-electron chi connectivity index (χ1n) is 7.41. The third-order valence-electron chi connectivity index (χ3n) is 3.38. The van der Waals surface area contributed by atoms with E-state index < -0.39 is 0 Å². The van der Waals surface area contributed by atoms with Gasteiger partial charge in [-0.3, -0.25) is 14.8 Å². The Morgan fingerprint density at radius 3 is 2.88 bits per heavy atom. The number of hydrogen-bond donors (Lipinski definition) is 3. The lowest BCUT2D eigenvalue weighted by Crippen LogP contribution is -2.14. The zero-order valence-electron chi connectivity index (χ0n) is 13.7. The SMILES string of the molecule is Cc1csc(NC(=O)c2cc(Sc3cc(CO)nn3C)ccc2N)n1. The van der Waals surface area contributed by atoms with E-state index in [-0.39, 0.29) is 12.5 Å². The molecule has 0 radical (unpaired) electrons. The molecule has 0 bridgehead atoms. The number of rotatable bonds is 5. The number of aliphatic hydroxyl groups excluding tert-OH is 1. The van der Waals surface area contributed by atoms with Gasteiger partial charge in [0.15, 0.2) is 5.13 Å². The second-order valence-corrected chi connectivity index (χ2v) is 7.31. The highest BCUT2D eigenvalue weighted by Crippen LogP contribution is 2.30. The van der Waals surface area contributed by atoms with Gasteiger partial charge in [-0.2, -0.15) is 5.10 Å². The number of thiazole rings is 1. The summed E-state index contributed by atoms with van der Waals surface area (Å²) in [7, 11) is 1.80. The van der Waals surface area contributed by atoms with Crippen LogP contribution < -0.4 is 11.1 Å². The number of anilines is 2. The highest BCUT2D eigenvalue weighted by atomic mass is 32.2. The van der Waals surface area contributed by atoms with E-state index in [2.05, 4.69) is 15.4 Å². The molecule has 25 heavy (non-hydrogen) atoms. The molecule has 3 aromatic rings. The lowest BCUT2D eigenvalue weighted by molar-refractivity contribution is 0.102. The van der Waals surface area contributed by atoms with Crippen molar-refractivity contribution in [1.82, 2.24) is 14.8 Å². The molecule has 0 unspecified atom stereocenters. The maximum absolute atomic E-state index is 12.5. The van der Waals surface area contributed by atoms with Gasteiger partial charge in [0.05, 0.1) is 28.6 Å². The van der Waals surface area contributed by atoms with Crippen molar-refractivity contribution in [1.29, 1.82) is 0 Å². The number of nitrogens with two attached hydrogens (primary N) is 1. The highest BCUT2D eigenvalue weighted by Gasteiger charge is 2.14. The van der Waals surface area contributed by atoms with E-state index in [0.717, 1.165) is 15.6 Å². The monoisotopic (exact) mass is 375 g/mol. The summed E-state index contributed by atoms with van der Waals surface area (Å²) in [4.78, 5) is 17.6.